The average Bonchev–Trinajstić information content (AvgIpc) is 2.19. The first kappa shape index (κ1) is 12.3. The number of halogens is 1. The number of methoxy groups -OCH3 is 1. The molecule has 1 rings (SSSR count). The number of nitro benzene ring substituents is 1. The molecule has 0 aliphatic rings. The third kappa shape index (κ3) is 2.60. The van der Waals surface area contributed by atoms with Gasteiger partial charge in [0.2, 0.25) is 0 Å². The number of carboxylic acid groups (broad SMARTS) is 1. The molecular formula is C9H8ClNO5. The molecular weight excluding hydrogens is 238 g/mol. The Morgan fingerprint density at radius 1 is 1.62 bits per heavy atom. The van der Waals surface area contributed by atoms with Gasteiger partial charge in [-0.2, -0.15) is 0 Å². The molecule has 0 atom stereocenters. The molecule has 0 heterocycles. The van der Waals surface area contributed by atoms with E-state index in [4.69, 9.17) is 21.4 Å². The summed E-state index contributed by atoms with van der Waals surface area (Å²) >= 11 is 5.75. The van der Waals surface area contributed by atoms with Gasteiger partial charge in [0.25, 0.3) is 5.69 Å². The zero-order valence-corrected chi connectivity index (χ0v) is 9.02. The van der Waals surface area contributed by atoms with E-state index in [2.05, 4.69) is 0 Å². The molecule has 0 radical (unpaired) electrons. The van der Waals surface area contributed by atoms with Gasteiger partial charge in [-0.25, -0.2) is 0 Å². The highest BCUT2D eigenvalue weighted by atomic mass is 35.5. The molecule has 16 heavy (non-hydrogen) atoms. The zero-order chi connectivity index (χ0) is 12.3. The molecule has 1 aromatic carbocycles. The summed E-state index contributed by atoms with van der Waals surface area (Å²) in [5, 5.41) is 19.3. The molecule has 1 aromatic rings. The standard InChI is InChI=1S/C9H8ClNO5/c1-16-5-2-7(10)6(4-9(12)13)8(3-5)11(14)15/h2-3H,4H2,1H3,(H,12,13). The summed E-state index contributed by atoms with van der Waals surface area (Å²) < 4.78 is 4.81. The lowest BCUT2D eigenvalue weighted by molar-refractivity contribution is -0.385. The fraction of sp³-hybridized carbons (Fsp3) is 0.222. The molecule has 0 saturated carbocycles. The maximum Gasteiger partial charge on any atom is 0.308 e. The van der Waals surface area contributed by atoms with E-state index in [0.29, 0.717) is 0 Å². The van der Waals surface area contributed by atoms with Crippen LogP contribution in [0, 0.1) is 10.1 Å². The number of nitrogens with zero attached hydrogens (tertiary/aromatic N) is 1. The summed E-state index contributed by atoms with van der Waals surface area (Å²) in [6.07, 6.45) is -0.501. The van der Waals surface area contributed by atoms with E-state index < -0.39 is 17.3 Å². The lowest BCUT2D eigenvalue weighted by Gasteiger charge is -2.06. The van der Waals surface area contributed by atoms with E-state index >= 15 is 0 Å². The normalized spacial score (nSPS) is 9.88. The molecule has 1 N–H and O–H groups in total. The smallest absolute Gasteiger partial charge is 0.308 e. The van der Waals surface area contributed by atoms with Crippen LogP contribution in [0.15, 0.2) is 12.1 Å². The van der Waals surface area contributed by atoms with Crippen molar-refractivity contribution in [2.24, 2.45) is 0 Å². The Morgan fingerprint density at radius 2 is 2.25 bits per heavy atom. The molecule has 0 bridgehead atoms. The Hall–Kier alpha value is -1.82. The van der Waals surface area contributed by atoms with Crippen molar-refractivity contribution in [2.75, 3.05) is 7.11 Å². The number of hydrogen-bond donors (Lipinski definition) is 1. The first-order valence-electron chi connectivity index (χ1n) is 4.18. The number of rotatable bonds is 4. The van der Waals surface area contributed by atoms with Crippen LogP contribution in [0.2, 0.25) is 5.02 Å². The van der Waals surface area contributed by atoms with Crippen LogP contribution in [0.1, 0.15) is 5.56 Å². The molecule has 0 saturated heterocycles. The number of hydrogen-bond acceptors (Lipinski definition) is 4. The first-order chi connectivity index (χ1) is 7.45. The van der Waals surface area contributed by atoms with Crippen LogP contribution in [0.4, 0.5) is 5.69 Å². The van der Waals surface area contributed by atoms with Crippen LogP contribution < -0.4 is 4.74 Å². The van der Waals surface area contributed by atoms with E-state index in [0.717, 1.165) is 6.07 Å². The van der Waals surface area contributed by atoms with Gasteiger partial charge >= 0.3 is 5.97 Å². The summed E-state index contributed by atoms with van der Waals surface area (Å²) in [4.78, 5) is 20.6. The van der Waals surface area contributed by atoms with Gasteiger partial charge in [0.05, 0.1) is 35.1 Å². The van der Waals surface area contributed by atoms with Crippen LogP contribution in [0.5, 0.6) is 5.75 Å². The molecule has 6 nitrogen and oxygen atoms in total. The summed E-state index contributed by atoms with van der Waals surface area (Å²) in [7, 11) is 1.34. The first-order valence-corrected chi connectivity index (χ1v) is 4.56. The van der Waals surface area contributed by atoms with Gasteiger partial charge in [-0.15, -0.1) is 0 Å². The van der Waals surface area contributed by atoms with Crippen molar-refractivity contribution in [3.05, 3.63) is 32.8 Å². The minimum absolute atomic E-state index is 0.00782. The van der Waals surface area contributed by atoms with Gasteiger partial charge in [-0.1, -0.05) is 11.6 Å². The Morgan fingerprint density at radius 3 is 2.69 bits per heavy atom. The summed E-state index contributed by atoms with van der Waals surface area (Å²) in [5.41, 5.74) is -0.383. The van der Waals surface area contributed by atoms with Crippen molar-refractivity contribution in [3.63, 3.8) is 0 Å². The minimum Gasteiger partial charge on any atom is -0.496 e. The number of benzene rings is 1. The molecule has 0 aliphatic carbocycles. The number of carbonyl (C=O) groups is 1. The maximum atomic E-state index is 10.7. The van der Waals surface area contributed by atoms with Crippen molar-refractivity contribution in [1.82, 2.24) is 0 Å². The van der Waals surface area contributed by atoms with Crippen LogP contribution in [-0.4, -0.2) is 23.1 Å². The number of ether oxygens (including phenoxy) is 1. The van der Waals surface area contributed by atoms with Gasteiger partial charge in [0, 0.05) is 0 Å². The summed E-state index contributed by atoms with van der Waals surface area (Å²) in [5.74, 6) is -0.971. The second-order valence-corrected chi connectivity index (χ2v) is 3.34. The molecule has 0 unspecified atom stereocenters. The van der Waals surface area contributed by atoms with Crippen molar-refractivity contribution in [3.8, 4) is 5.75 Å². The Bertz CT molecular complexity index is 446. The molecule has 7 heteroatoms. The van der Waals surface area contributed by atoms with Crippen LogP contribution in [0.3, 0.4) is 0 Å². The number of carboxylic acids is 1. The van der Waals surface area contributed by atoms with Gasteiger partial charge in [0.15, 0.2) is 0 Å². The Balaban J connectivity index is 3.33. The quantitative estimate of drug-likeness (QED) is 0.646. The van der Waals surface area contributed by atoms with Crippen LogP contribution >= 0.6 is 11.6 Å². The lowest BCUT2D eigenvalue weighted by atomic mass is 10.1. The molecule has 0 aliphatic heterocycles. The van der Waals surface area contributed by atoms with Crippen molar-refractivity contribution >= 4 is 23.3 Å². The van der Waals surface area contributed by atoms with E-state index in [-0.39, 0.29) is 22.0 Å². The zero-order valence-electron chi connectivity index (χ0n) is 8.27. The number of aliphatic carboxylic acids is 1. The third-order valence-corrected chi connectivity index (χ3v) is 2.24. The molecule has 0 amide bonds. The predicted octanol–water partition coefficient (Wildman–Crippen LogP) is 1.88. The molecule has 86 valence electrons. The van der Waals surface area contributed by atoms with E-state index in [1.165, 1.54) is 13.2 Å². The highest BCUT2D eigenvalue weighted by Crippen LogP contribution is 2.32. The third-order valence-electron chi connectivity index (χ3n) is 1.91. The van der Waals surface area contributed by atoms with Crippen LogP contribution in [0.25, 0.3) is 0 Å². The highest BCUT2D eigenvalue weighted by molar-refractivity contribution is 6.32. The monoisotopic (exact) mass is 245 g/mol. The van der Waals surface area contributed by atoms with E-state index in [1.807, 2.05) is 0 Å². The second-order valence-electron chi connectivity index (χ2n) is 2.93. The lowest BCUT2D eigenvalue weighted by Crippen LogP contribution is -2.05. The SMILES string of the molecule is COc1cc(Cl)c(CC(=O)O)c([N+](=O)[O-])c1. The van der Waals surface area contributed by atoms with E-state index in [9.17, 15) is 14.9 Å². The largest absolute Gasteiger partial charge is 0.496 e. The van der Waals surface area contributed by atoms with Crippen molar-refractivity contribution < 1.29 is 19.6 Å². The second kappa shape index (κ2) is 4.80. The van der Waals surface area contributed by atoms with Crippen LogP contribution in [-0.2, 0) is 11.2 Å². The highest BCUT2D eigenvalue weighted by Gasteiger charge is 2.21. The number of nitro groups is 1. The van der Waals surface area contributed by atoms with Crippen molar-refractivity contribution in [1.29, 1.82) is 0 Å². The fourth-order valence-corrected chi connectivity index (χ4v) is 1.48. The molecule has 0 fully saturated rings. The van der Waals surface area contributed by atoms with Gasteiger partial charge < -0.3 is 9.84 Å². The molecule has 0 aromatic heterocycles. The summed E-state index contributed by atoms with van der Waals surface area (Å²) in [6, 6.07) is 2.48. The van der Waals surface area contributed by atoms with Crippen molar-refractivity contribution in [2.45, 2.75) is 6.42 Å². The average molecular weight is 246 g/mol. The van der Waals surface area contributed by atoms with E-state index in [1.54, 1.807) is 0 Å². The fourth-order valence-electron chi connectivity index (χ4n) is 1.20. The minimum atomic E-state index is -1.19. The topological polar surface area (TPSA) is 89.7 Å². The van der Waals surface area contributed by atoms with Gasteiger partial charge in [-0.3, -0.25) is 14.9 Å². The van der Waals surface area contributed by atoms with Gasteiger partial charge in [-0.05, 0) is 6.07 Å². The Kier molecular flexibility index (Phi) is 3.68. The molecule has 0 spiro atoms. The predicted molar refractivity (Wildman–Crippen MR) is 56.0 cm³/mol. The van der Waals surface area contributed by atoms with Gasteiger partial charge in [0.1, 0.15) is 5.75 Å². The maximum absolute atomic E-state index is 10.7. The Labute approximate surface area is 95.6 Å². The summed E-state index contributed by atoms with van der Waals surface area (Å²) in [6.45, 7) is 0.